The molecule has 4 aromatic rings. The van der Waals surface area contributed by atoms with Crippen molar-refractivity contribution in [2.75, 3.05) is 0 Å². The van der Waals surface area contributed by atoms with Gasteiger partial charge in [0.1, 0.15) is 0 Å². The van der Waals surface area contributed by atoms with Crippen molar-refractivity contribution < 1.29 is 9.13 Å². The lowest BCUT2D eigenvalue weighted by Crippen LogP contribution is -2.55. The van der Waals surface area contributed by atoms with Gasteiger partial charge in [-0.2, -0.15) is 0 Å². The molecule has 23 heavy (non-hydrogen) atoms. The molecule has 2 aromatic heterocycles. The van der Waals surface area contributed by atoms with E-state index < -0.39 is 0 Å². The number of para-hydroxylation sites is 2. The molecule has 2 heteroatoms. The SMILES string of the molecule is Cc1ccc2ccccc2[n+]1C[n+]1c(C)ccc2ccccc21. The van der Waals surface area contributed by atoms with Crippen LogP contribution >= 0.6 is 0 Å². The molecule has 0 N–H and O–H groups in total. The van der Waals surface area contributed by atoms with E-state index >= 15 is 0 Å². The van der Waals surface area contributed by atoms with Gasteiger partial charge in [0.2, 0.25) is 11.0 Å². The molecule has 2 nitrogen and oxygen atoms in total. The zero-order valence-electron chi connectivity index (χ0n) is 13.5. The summed E-state index contributed by atoms with van der Waals surface area (Å²) >= 11 is 0. The van der Waals surface area contributed by atoms with Crippen LogP contribution in [0.5, 0.6) is 0 Å². The molecule has 0 aliphatic carbocycles. The largest absolute Gasteiger partial charge is 0.345 e. The maximum atomic E-state index is 2.38. The summed E-state index contributed by atoms with van der Waals surface area (Å²) in [6.07, 6.45) is 0. The third-order valence-electron chi connectivity index (χ3n) is 4.60. The first-order valence-electron chi connectivity index (χ1n) is 8.00. The molecule has 0 atom stereocenters. The van der Waals surface area contributed by atoms with E-state index in [0.29, 0.717) is 0 Å². The highest BCUT2D eigenvalue weighted by atomic mass is 15.2. The van der Waals surface area contributed by atoms with Gasteiger partial charge in [-0.05, 0) is 24.3 Å². The minimum absolute atomic E-state index is 0.820. The molecule has 2 aromatic carbocycles. The molecule has 0 unspecified atom stereocenters. The number of rotatable bonds is 2. The van der Waals surface area contributed by atoms with Gasteiger partial charge in [-0.25, -0.2) is 0 Å². The molecule has 0 saturated heterocycles. The molecule has 0 spiro atoms. The summed E-state index contributed by atoms with van der Waals surface area (Å²) in [6.45, 7) is 5.17. The van der Waals surface area contributed by atoms with Crippen molar-refractivity contribution in [2.45, 2.75) is 20.5 Å². The molecule has 2 heterocycles. The summed E-state index contributed by atoms with van der Waals surface area (Å²) in [7, 11) is 0. The predicted octanol–water partition coefficient (Wildman–Crippen LogP) is 3.69. The minimum Gasteiger partial charge on any atom is -0.137 e. The van der Waals surface area contributed by atoms with Gasteiger partial charge in [-0.1, -0.05) is 24.3 Å². The molecular weight excluding hydrogens is 280 g/mol. The highest BCUT2D eigenvalue weighted by Gasteiger charge is 2.20. The van der Waals surface area contributed by atoms with Crippen molar-refractivity contribution in [2.24, 2.45) is 0 Å². The molecule has 0 aliphatic rings. The highest BCUT2D eigenvalue weighted by molar-refractivity contribution is 5.76. The molecular formula is C21H20N2+2. The Hall–Kier alpha value is -2.74. The standard InChI is InChI=1S/C21H20N2/c1-16-11-13-18-7-3-5-9-20(18)22(16)15-23-17(2)12-14-19-8-4-6-10-21(19)23/h3-14H,15H2,1-2H3/q+2. The van der Waals surface area contributed by atoms with E-state index in [2.05, 4.69) is 95.8 Å². The quantitative estimate of drug-likeness (QED) is 0.499. The molecule has 0 bridgehead atoms. The van der Waals surface area contributed by atoms with Crippen molar-refractivity contribution in [3.63, 3.8) is 0 Å². The van der Waals surface area contributed by atoms with Gasteiger partial charge in [0, 0.05) is 48.9 Å². The van der Waals surface area contributed by atoms with E-state index in [1.54, 1.807) is 0 Å². The van der Waals surface area contributed by atoms with Crippen LogP contribution < -0.4 is 9.13 Å². The number of pyridine rings is 2. The summed E-state index contributed by atoms with van der Waals surface area (Å²) in [5.74, 6) is 0. The van der Waals surface area contributed by atoms with Crippen LogP contribution in [0, 0.1) is 13.8 Å². The topological polar surface area (TPSA) is 7.76 Å². The zero-order valence-corrected chi connectivity index (χ0v) is 13.5. The number of aryl methyl sites for hydroxylation is 2. The first-order valence-corrected chi connectivity index (χ1v) is 8.00. The van der Waals surface area contributed by atoms with E-state index in [9.17, 15) is 0 Å². The lowest BCUT2D eigenvalue weighted by molar-refractivity contribution is -0.894. The summed E-state index contributed by atoms with van der Waals surface area (Å²) < 4.78 is 4.77. The van der Waals surface area contributed by atoms with E-state index in [4.69, 9.17) is 0 Å². The summed E-state index contributed by atoms with van der Waals surface area (Å²) in [5, 5.41) is 2.55. The van der Waals surface area contributed by atoms with Crippen LogP contribution in [0.1, 0.15) is 11.4 Å². The normalized spacial score (nSPS) is 11.2. The Morgan fingerprint density at radius 3 is 1.48 bits per heavy atom. The number of hydrogen-bond donors (Lipinski definition) is 0. The molecule has 0 radical (unpaired) electrons. The van der Waals surface area contributed by atoms with Gasteiger partial charge < -0.3 is 0 Å². The van der Waals surface area contributed by atoms with E-state index in [1.807, 2.05) is 0 Å². The van der Waals surface area contributed by atoms with Gasteiger partial charge >= 0.3 is 6.67 Å². The summed E-state index contributed by atoms with van der Waals surface area (Å²) in [4.78, 5) is 0. The summed E-state index contributed by atoms with van der Waals surface area (Å²) in [6, 6.07) is 25.9. The highest BCUT2D eigenvalue weighted by Crippen LogP contribution is 2.12. The van der Waals surface area contributed by atoms with Crippen molar-refractivity contribution >= 4 is 21.8 Å². The average Bonchev–Trinajstić information content (AvgIpc) is 2.59. The second-order valence-electron chi connectivity index (χ2n) is 6.06. The lowest BCUT2D eigenvalue weighted by atomic mass is 10.2. The first-order chi connectivity index (χ1) is 11.2. The Balaban J connectivity index is 1.95. The van der Waals surface area contributed by atoms with Crippen molar-refractivity contribution in [1.82, 2.24) is 0 Å². The van der Waals surface area contributed by atoms with Crippen LogP contribution in [0.25, 0.3) is 21.8 Å². The maximum Gasteiger partial charge on any atom is 0.345 e. The summed E-state index contributed by atoms with van der Waals surface area (Å²) in [5.41, 5.74) is 5.08. The third-order valence-corrected chi connectivity index (χ3v) is 4.60. The maximum absolute atomic E-state index is 2.38. The van der Waals surface area contributed by atoms with Gasteiger partial charge in [0.15, 0.2) is 11.4 Å². The van der Waals surface area contributed by atoms with Crippen LogP contribution in [-0.4, -0.2) is 0 Å². The van der Waals surface area contributed by atoms with E-state index in [-0.39, 0.29) is 0 Å². The molecule has 0 saturated carbocycles. The number of hydrogen-bond acceptors (Lipinski definition) is 0. The Bertz CT molecular complexity index is 935. The molecule has 112 valence electrons. The zero-order chi connectivity index (χ0) is 15.8. The van der Waals surface area contributed by atoms with E-state index in [0.717, 1.165) is 6.67 Å². The second-order valence-corrected chi connectivity index (χ2v) is 6.06. The first kappa shape index (κ1) is 13.9. The number of nitrogens with zero attached hydrogens (tertiary/aromatic N) is 2. The van der Waals surface area contributed by atoms with Crippen LogP contribution in [0.2, 0.25) is 0 Å². The van der Waals surface area contributed by atoms with Crippen LogP contribution in [0.15, 0.2) is 72.8 Å². The Morgan fingerprint density at radius 1 is 0.565 bits per heavy atom. The fourth-order valence-electron chi connectivity index (χ4n) is 3.25. The lowest BCUT2D eigenvalue weighted by Gasteiger charge is -2.06. The number of aromatic nitrogens is 2. The predicted molar refractivity (Wildman–Crippen MR) is 93.2 cm³/mol. The third kappa shape index (κ3) is 2.36. The van der Waals surface area contributed by atoms with Crippen molar-refractivity contribution in [1.29, 1.82) is 0 Å². The van der Waals surface area contributed by atoms with Gasteiger partial charge in [-0.15, -0.1) is 9.13 Å². The molecule has 4 rings (SSSR count). The van der Waals surface area contributed by atoms with Crippen molar-refractivity contribution in [3.05, 3.63) is 84.2 Å². The molecule has 0 fully saturated rings. The Morgan fingerprint density at radius 2 is 1.00 bits per heavy atom. The molecule has 0 aliphatic heterocycles. The number of benzene rings is 2. The van der Waals surface area contributed by atoms with Gasteiger partial charge in [0.05, 0.1) is 0 Å². The Kier molecular flexibility index (Phi) is 3.30. The fraction of sp³-hybridized carbons (Fsp3) is 0.143. The number of fused-ring (bicyclic) bond motifs is 2. The fourth-order valence-corrected chi connectivity index (χ4v) is 3.25. The van der Waals surface area contributed by atoms with Crippen LogP contribution in [-0.2, 0) is 6.67 Å². The van der Waals surface area contributed by atoms with E-state index in [1.165, 1.54) is 33.2 Å². The minimum atomic E-state index is 0.820. The van der Waals surface area contributed by atoms with Crippen LogP contribution in [0.4, 0.5) is 0 Å². The van der Waals surface area contributed by atoms with Gasteiger partial charge in [-0.3, -0.25) is 0 Å². The Labute approximate surface area is 136 Å². The monoisotopic (exact) mass is 300 g/mol. The van der Waals surface area contributed by atoms with Gasteiger partial charge in [0.25, 0.3) is 0 Å². The average molecular weight is 300 g/mol. The molecule has 0 amide bonds. The smallest absolute Gasteiger partial charge is 0.137 e. The second kappa shape index (κ2) is 5.47. The van der Waals surface area contributed by atoms with Crippen LogP contribution in [0.3, 0.4) is 0 Å². The van der Waals surface area contributed by atoms with Crippen molar-refractivity contribution in [3.8, 4) is 0 Å².